The third-order valence-corrected chi connectivity index (χ3v) is 6.95. The summed E-state index contributed by atoms with van der Waals surface area (Å²) in [6, 6.07) is 16.4. The fourth-order valence-corrected chi connectivity index (χ4v) is 5.69. The van der Waals surface area contributed by atoms with Crippen LogP contribution in [0, 0.1) is 5.92 Å². The van der Waals surface area contributed by atoms with E-state index in [-0.39, 0.29) is 12.2 Å². The number of pyridine rings is 1. The van der Waals surface area contributed by atoms with Crippen LogP contribution in [-0.2, 0) is 26.2 Å². The number of nitrogens with zero attached hydrogens (tertiary/aromatic N) is 1. The van der Waals surface area contributed by atoms with Crippen LogP contribution in [0.5, 0.6) is 0 Å². The lowest BCUT2D eigenvalue weighted by Crippen LogP contribution is -3.13. The third-order valence-electron chi connectivity index (χ3n) is 6.95. The Bertz CT molecular complexity index is 1160. The Morgan fingerprint density at radius 1 is 1.06 bits per heavy atom. The molecule has 3 N–H and O–H groups in total. The first kappa shape index (κ1) is 21.2. The van der Waals surface area contributed by atoms with Gasteiger partial charge in [-0.1, -0.05) is 24.3 Å². The van der Waals surface area contributed by atoms with Crippen molar-refractivity contribution >= 4 is 0 Å². The van der Waals surface area contributed by atoms with Gasteiger partial charge >= 0.3 is 0 Å². The van der Waals surface area contributed by atoms with E-state index in [0.717, 1.165) is 56.0 Å². The van der Waals surface area contributed by atoms with Gasteiger partial charge < -0.3 is 23.9 Å². The molecule has 4 heterocycles. The highest BCUT2D eigenvalue weighted by atomic mass is 16.4. The highest BCUT2D eigenvalue weighted by Gasteiger charge is 2.38. The molecule has 2 aliphatic rings. The van der Waals surface area contributed by atoms with Crippen molar-refractivity contribution < 1.29 is 19.3 Å². The molecule has 5 rings (SSSR count). The minimum Gasteiger partial charge on any atom is -0.458 e. The molecule has 0 aliphatic carbocycles. The number of fused-ring (bicyclic) bond motifs is 4. The topological polar surface area (TPSA) is 64.2 Å². The molecular weight excluding hydrogens is 402 g/mol. The number of piperidine rings is 1. The summed E-state index contributed by atoms with van der Waals surface area (Å²) in [5.41, 5.74) is 4.44. The zero-order valence-corrected chi connectivity index (χ0v) is 18.9. The van der Waals surface area contributed by atoms with Crippen molar-refractivity contribution in [3.63, 3.8) is 0 Å². The number of aromatic nitrogens is 1. The summed E-state index contributed by atoms with van der Waals surface area (Å²) in [6.07, 6.45) is 1.16. The molecule has 6 nitrogen and oxygen atoms in total. The molecule has 2 bridgehead atoms. The van der Waals surface area contributed by atoms with Gasteiger partial charge in [0.2, 0.25) is 0 Å². The highest BCUT2D eigenvalue weighted by molar-refractivity contribution is 5.66. The van der Waals surface area contributed by atoms with Gasteiger partial charge in [-0.2, -0.15) is 0 Å². The molecular formula is C26H33N3O3+2. The van der Waals surface area contributed by atoms with Gasteiger partial charge in [0.25, 0.3) is 5.56 Å². The van der Waals surface area contributed by atoms with Crippen LogP contribution in [0.1, 0.15) is 35.1 Å². The second kappa shape index (κ2) is 8.70. The van der Waals surface area contributed by atoms with Crippen LogP contribution in [0.3, 0.4) is 0 Å². The first-order valence-electron chi connectivity index (χ1n) is 11.6. The molecule has 1 fully saturated rings. The second-order valence-electron chi connectivity index (χ2n) is 9.79. The van der Waals surface area contributed by atoms with Gasteiger partial charge in [-0.3, -0.25) is 4.79 Å². The number of hydrogen-bond acceptors (Lipinski definition) is 3. The van der Waals surface area contributed by atoms with Crippen LogP contribution in [-0.4, -0.2) is 36.9 Å². The molecule has 1 saturated heterocycles. The van der Waals surface area contributed by atoms with E-state index in [9.17, 15) is 9.90 Å². The van der Waals surface area contributed by atoms with Crippen molar-refractivity contribution in [1.29, 1.82) is 0 Å². The maximum absolute atomic E-state index is 13.6. The van der Waals surface area contributed by atoms with Gasteiger partial charge in [0, 0.05) is 35.2 Å². The quantitative estimate of drug-likeness (QED) is 0.527. The van der Waals surface area contributed by atoms with Crippen molar-refractivity contribution in [2.45, 2.75) is 38.6 Å². The van der Waals surface area contributed by atoms with Gasteiger partial charge in [-0.05, 0) is 36.2 Å². The first-order valence-corrected chi connectivity index (χ1v) is 11.6. The van der Waals surface area contributed by atoms with Crippen molar-refractivity contribution in [2.24, 2.45) is 5.92 Å². The minimum atomic E-state index is -0.0573. The molecule has 2 aromatic heterocycles. The lowest BCUT2D eigenvalue weighted by atomic mass is 9.82. The summed E-state index contributed by atoms with van der Waals surface area (Å²) in [5.74, 6) is 2.44. The lowest BCUT2D eigenvalue weighted by Gasteiger charge is -2.40. The number of hydrogen-bond donors (Lipinski definition) is 3. The second-order valence-corrected chi connectivity index (χ2v) is 9.79. The fraction of sp³-hybridized carbons (Fsp3) is 0.423. The lowest BCUT2D eigenvalue weighted by molar-refractivity contribution is -0.925. The monoisotopic (exact) mass is 435 g/mol. The van der Waals surface area contributed by atoms with Gasteiger partial charge in [-0.25, -0.2) is 0 Å². The van der Waals surface area contributed by atoms with Crippen LogP contribution < -0.4 is 15.4 Å². The number of aliphatic hydroxyl groups excluding tert-OH is 1. The Labute approximate surface area is 188 Å². The largest absolute Gasteiger partial charge is 0.458 e. The van der Waals surface area contributed by atoms with Gasteiger partial charge in [0.15, 0.2) is 5.76 Å². The standard InChI is InChI=1S/C26H31N3O3/c1-27(2)14-19-5-3-4-6-23(19)24-9-10-25-20-11-18(13-29(25)26(24)31)12-28(15-20)16-21-7-8-22(17-30)32-21/h3-10,18,20,30H,11-17H2,1-2H3/p+2/t18-,20+/m0/s1. The maximum atomic E-state index is 13.6. The zero-order valence-electron chi connectivity index (χ0n) is 18.9. The van der Waals surface area contributed by atoms with E-state index < -0.39 is 0 Å². The van der Waals surface area contributed by atoms with E-state index in [1.54, 1.807) is 0 Å². The van der Waals surface area contributed by atoms with Crippen molar-refractivity contribution in [2.75, 3.05) is 27.2 Å². The first-order chi connectivity index (χ1) is 15.5. The van der Waals surface area contributed by atoms with Crippen LogP contribution in [0.15, 0.2) is 57.7 Å². The number of furan rings is 1. The molecule has 168 valence electrons. The molecule has 1 unspecified atom stereocenters. The molecule has 0 radical (unpaired) electrons. The van der Waals surface area contributed by atoms with Crippen molar-refractivity contribution in [3.05, 3.63) is 81.7 Å². The molecule has 0 amide bonds. The van der Waals surface area contributed by atoms with E-state index in [0.29, 0.717) is 17.6 Å². The summed E-state index contributed by atoms with van der Waals surface area (Å²) in [7, 11) is 4.28. The van der Waals surface area contributed by atoms with Crippen molar-refractivity contribution in [3.8, 4) is 11.1 Å². The highest BCUT2D eigenvalue weighted by Crippen LogP contribution is 2.32. The van der Waals surface area contributed by atoms with E-state index in [1.165, 1.54) is 21.1 Å². The number of aliphatic hydroxyl groups is 1. The third kappa shape index (κ3) is 4.06. The van der Waals surface area contributed by atoms with Crippen LogP contribution in [0.2, 0.25) is 0 Å². The van der Waals surface area contributed by atoms with Crippen LogP contribution in [0.4, 0.5) is 0 Å². The van der Waals surface area contributed by atoms with Gasteiger partial charge in [0.1, 0.15) is 25.5 Å². The molecule has 32 heavy (non-hydrogen) atoms. The summed E-state index contributed by atoms with van der Waals surface area (Å²) in [5, 5.41) is 9.25. The Hall–Kier alpha value is -2.67. The molecule has 2 aliphatic heterocycles. The fourth-order valence-electron chi connectivity index (χ4n) is 5.69. The Morgan fingerprint density at radius 2 is 1.88 bits per heavy atom. The number of likely N-dealkylation sites (tertiary alicyclic amines) is 1. The molecule has 6 heteroatoms. The molecule has 0 saturated carbocycles. The SMILES string of the molecule is C[NH+](C)Cc1ccccc1-c1ccc2n(c1=O)C[C@H]1C[C@@H]2C[NH+](Cc2ccc(CO)o2)C1. The Kier molecular flexibility index (Phi) is 5.76. The van der Waals surface area contributed by atoms with Crippen LogP contribution >= 0.6 is 0 Å². The molecule has 3 aromatic rings. The number of benzene rings is 1. The number of rotatable bonds is 6. The van der Waals surface area contributed by atoms with E-state index in [2.05, 4.69) is 42.9 Å². The Morgan fingerprint density at radius 3 is 2.66 bits per heavy atom. The summed E-state index contributed by atoms with van der Waals surface area (Å²) in [6.45, 7) is 4.51. The summed E-state index contributed by atoms with van der Waals surface area (Å²) in [4.78, 5) is 16.4. The predicted octanol–water partition coefficient (Wildman–Crippen LogP) is 0.447. The van der Waals surface area contributed by atoms with Gasteiger partial charge in [0.05, 0.1) is 27.2 Å². The molecule has 3 atom stereocenters. The molecule has 1 aromatic carbocycles. The smallest absolute Gasteiger partial charge is 0.258 e. The van der Waals surface area contributed by atoms with Crippen LogP contribution in [0.25, 0.3) is 11.1 Å². The van der Waals surface area contributed by atoms with Gasteiger partial charge in [-0.15, -0.1) is 0 Å². The average molecular weight is 436 g/mol. The normalized spacial score (nSPS) is 22.2. The van der Waals surface area contributed by atoms with E-state index >= 15 is 0 Å². The maximum Gasteiger partial charge on any atom is 0.258 e. The average Bonchev–Trinajstić information content (AvgIpc) is 3.22. The van der Waals surface area contributed by atoms with Crippen molar-refractivity contribution in [1.82, 2.24) is 4.57 Å². The Balaban J connectivity index is 1.42. The van der Waals surface area contributed by atoms with E-state index in [1.807, 2.05) is 24.3 Å². The summed E-state index contributed by atoms with van der Waals surface area (Å²) < 4.78 is 7.78. The minimum absolute atomic E-state index is 0.0573. The number of nitrogens with one attached hydrogen (secondary N) is 2. The number of quaternary nitrogens is 2. The molecule has 0 spiro atoms. The predicted molar refractivity (Wildman–Crippen MR) is 123 cm³/mol. The zero-order chi connectivity index (χ0) is 22.2. The van der Waals surface area contributed by atoms with E-state index in [4.69, 9.17) is 4.42 Å². The summed E-state index contributed by atoms with van der Waals surface area (Å²) >= 11 is 0.